The third-order valence-corrected chi connectivity index (χ3v) is 2.07. The van der Waals surface area contributed by atoms with E-state index in [4.69, 9.17) is 0 Å². The van der Waals surface area contributed by atoms with E-state index in [9.17, 15) is 4.79 Å². The molecule has 0 aliphatic heterocycles. The van der Waals surface area contributed by atoms with E-state index >= 15 is 0 Å². The molecule has 1 rings (SSSR count). The Kier molecular flexibility index (Phi) is 2.43. The van der Waals surface area contributed by atoms with Crippen molar-refractivity contribution in [1.82, 2.24) is 4.98 Å². The van der Waals surface area contributed by atoms with Gasteiger partial charge in [-0.15, -0.1) is 0 Å². The van der Waals surface area contributed by atoms with Crippen LogP contribution in [0.5, 0.6) is 0 Å². The molecule has 0 aromatic heterocycles. The monoisotopic (exact) mass is 165 g/mol. The zero-order chi connectivity index (χ0) is 8.27. The SMILES string of the molecule is Cc1ccccc1C(=O)N[SiH3]. The molecule has 1 N–H and O–H groups in total. The van der Waals surface area contributed by atoms with Gasteiger partial charge in [0.2, 0.25) is 5.91 Å². The molecule has 2 nitrogen and oxygen atoms in total. The van der Waals surface area contributed by atoms with Gasteiger partial charge in [0.1, 0.15) is 10.4 Å². The highest BCUT2D eigenvalue weighted by molar-refractivity contribution is 6.18. The molecule has 0 spiro atoms. The first-order chi connectivity index (χ1) is 5.25. The Bertz CT molecular complexity index is 273. The van der Waals surface area contributed by atoms with Gasteiger partial charge in [-0.3, -0.25) is 4.79 Å². The first kappa shape index (κ1) is 8.01. The smallest absolute Gasteiger partial charge is 0.243 e. The number of carbonyl (C=O) groups excluding carboxylic acids is 1. The maximum Gasteiger partial charge on any atom is 0.243 e. The Hall–Kier alpha value is -1.09. The number of benzene rings is 1. The molecule has 0 fully saturated rings. The summed E-state index contributed by atoms with van der Waals surface area (Å²) in [6.45, 7) is 1.94. The van der Waals surface area contributed by atoms with Gasteiger partial charge in [-0.1, -0.05) is 18.2 Å². The summed E-state index contributed by atoms with van der Waals surface area (Å²) in [4.78, 5) is 13.9. The van der Waals surface area contributed by atoms with E-state index in [1.807, 2.05) is 31.2 Å². The number of amides is 1. The molecule has 0 aliphatic carbocycles. The molecule has 1 aromatic rings. The lowest BCUT2D eigenvalue weighted by Crippen LogP contribution is -2.20. The molecule has 0 saturated carbocycles. The fourth-order valence-corrected chi connectivity index (χ4v) is 1.23. The first-order valence-electron chi connectivity index (χ1n) is 3.53. The van der Waals surface area contributed by atoms with Crippen LogP contribution in [-0.4, -0.2) is 16.3 Å². The summed E-state index contributed by atoms with van der Waals surface area (Å²) in [6, 6.07) is 7.58. The van der Waals surface area contributed by atoms with E-state index in [-0.39, 0.29) is 5.91 Å². The average Bonchev–Trinajstić information content (AvgIpc) is 2.04. The molecule has 0 unspecified atom stereocenters. The summed E-state index contributed by atoms with van der Waals surface area (Å²) in [5.41, 5.74) is 1.81. The van der Waals surface area contributed by atoms with E-state index in [2.05, 4.69) is 4.98 Å². The average molecular weight is 165 g/mol. The molecule has 0 aliphatic rings. The quantitative estimate of drug-likeness (QED) is 0.583. The number of nitrogens with one attached hydrogen (secondary N) is 1. The van der Waals surface area contributed by atoms with E-state index in [0.29, 0.717) is 10.4 Å². The summed E-state index contributed by atoms with van der Waals surface area (Å²) >= 11 is 0. The van der Waals surface area contributed by atoms with E-state index in [1.54, 1.807) is 0 Å². The number of rotatable bonds is 1. The molecule has 1 amide bonds. The zero-order valence-corrected chi connectivity index (χ0v) is 8.72. The van der Waals surface area contributed by atoms with Crippen molar-refractivity contribution in [2.45, 2.75) is 6.92 Å². The lowest BCUT2D eigenvalue weighted by molar-refractivity contribution is 0.0981. The Morgan fingerprint density at radius 3 is 2.64 bits per heavy atom. The van der Waals surface area contributed by atoms with Gasteiger partial charge in [0, 0.05) is 5.56 Å². The fourth-order valence-electron chi connectivity index (χ4n) is 0.962. The van der Waals surface area contributed by atoms with E-state index < -0.39 is 0 Å². The highest BCUT2D eigenvalue weighted by Crippen LogP contribution is 2.05. The van der Waals surface area contributed by atoms with Crippen molar-refractivity contribution in [2.24, 2.45) is 0 Å². The zero-order valence-electron chi connectivity index (χ0n) is 6.72. The van der Waals surface area contributed by atoms with Crippen LogP contribution in [0.2, 0.25) is 0 Å². The number of hydrogen-bond acceptors (Lipinski definition) is 1. The van der Waals surface area contributed by atoms with Crippen molar-refractivity contribution in [3.05, 3.63) is 35.4 Å². The van der Waals surface area contributed by atoms with Crippen LogP contribution >= 0.6 is 0 Å². The largest absolute Gasteiger partial charge is 0.387 e. The molecule has 0 atom stereocenters. The third kappa shape index (κ3) is 1.68. The first-order valence-corrected chi connectivity index (χ1v) is 4.53. The van der Waals surface area contributed by atoms with Crippen LogP contribution in [0.15, 0.2) is 24.3 Å². The van der Waals surface area contributed by atoms with Gasteiger partial charge < -0.3 is 4.98 Å². The fraction of sp³-hybridized carbons (Fsp3) is 0.125. The van der Waals surface area contributed by atoms with Gasteiger partial charge in [-0.2, -0.15) is 0 Å². The molecular weight excluding hydrogens is 154 g/mol. The molecule has 11 heavy (non-hydrogen) atoms. The van der Waals surface area contributed by atoms with Crippen molar-refractivity contribution in [3.63, 3.8) is 0 Å². The number of hydrogen-bond donors (Lipinski definition) is 1. The van der Waals surface area contributed by atoms with Crippen molar-refractivity contribution in [3.8, 4) is 0 Å². The summed E-state index contributed by atoms with van der Waals surface area (Å²) in [5, 5.41) is 0. The predicted molar refractivity (Wildman–Crippen MR) is 48.6 cm³/mol. The summed E-state index contributed by atoms with van der Waals surface area (Å²) in [5.74, 6) is 0.0368. The molecule has 0 saturated heterocycles. The standard InChI is InChI=1S/C8H11NOSi/c1-6-4-2-3-5-7(6)8(10)9-11/h2-5H,1,11H3,(H,9,10). The van der Waals surface area contributed by atoms with Crippen LogP contribution < -0.4 is 4.98 Å². The normalized spacial score (nSPS) is 9.55. The minimum absolute atomic E-state index is 0.0368. The Labute approximate surface area is 69.1 Å². The van der Waals surface area contributed by atoms with Crippen molar-refractivity contribution in [1.29, 1.82) is 0 Å². The molecule has 58 valence electrons. The second kappa shape index (κ2) is 3.34. The molecular formula is C8H11NOSi. The van der Waals surface area contributed by atoms with Gasteiger partial charge in [0.25, 0.3) is 0 Å². The number of aryl methyl sites for hydroxylation is 1. The lowest BCUT2D eigenvalue weighted by Gasteiger charge is -2.02. The van der Waals surface area contributed by atoms with E-state index in [1.165, 1.54) is 0 Å². The molecule has 0 radical (unpaired) electrons. The van der Waals surface area contributed by atoms with Crippen LogP contribution in [0.4, 0.5) is 0 Å². The van der Waals surface area contributed by atoms with Crippen molar-refractivity contribution >= 4 is 16.3 Å². The highest BCUT2D eigenvalue weighted by Gasteiger charge is 2.03. The second-order valence-electron chi connectivity index (χ2n) is 2.39. The molecule has 0 bridgehead atoms. The van der Waals surface area contributed by atoms with Gasteiger partial charge in [-0.25, -0.2) is 0 Å². The minimum atomic E-state index is 0.0368. The van der Waals surface area contributed by atoms with Crippen LogP contribution in [0.25, 0.3) is 0 Å². The van der Waals surface area contributed by atoms with Gasteiger partial charge in [0.05, 0.1) is 0 Å². The molecule has 3 heteroatoms. The Balaban J connectivity index is 3.03. The predicted octanol–water partition coefficient (Wildman–Crippen LogP) is 0.00522. The minimum Gasteiger partial charge on any atom is -0.387 e. The third-order valence-electron chi connectivity index (χ3n) is 1.62. The van der Waals surface area contributed by atoms with Gasteiger partial charge >= 0.3 is 0 Å². The maximum absolute atomic E-state index is 11.2. The van der Waals surface area contributed by atoms with Crippen molar-refractivity contribution < 1.29 is 4.79 Å². The maximum atomic E-state index is 11.2. The Morgan fingerprint density at radius 2 is 2.09 bits per heavy atom. The number of carbonyl (C=O) groups is 1. The summed E-state index contributed by atoms with van der Waals surface area (Å²) in [6.07, 6.45) is 0. The Morgan fingerprint density at radius 1 is 1.45 bits per heavy atom. The second-order valence-corrected chi connectivity index (χ2v) is 2.89. The topological polar surface area (TPSA) is 29.1 Å². The van der Waals surface area contributed by atoms with Crippen LogP contribution in [0, 0.1) is 6.92 Å². The summed E-state index contributed by atoms with van der Waals surface area (Å²) < 4.78 is 0. The van der Waals surface area contributed by atoms with Crippen molar-refractivity contribution in [2.75, 3.05) is 0 Å². The lowest BCUT2D eigenvalue weighted by atomic mass is 10.1. The van der Waals surface area contributed by atoms with Gasteiger partial charge in [0.15, 0.2) is 0 Å². The molecule has 0 heterocycles. The van der Waals surface area contributed by atoms with Crippen LogP contribution in [-0.2, 0) is 0 Å². The van der Waals surface area contributed by atoms with Crippen LogP contribution in [0.1, 0.15) is 15.9 Å². The summed E-state index contributed by atoms with van der Waals surface area (Å²) in [7, 11) is 0.706. The van der Waals surface area contributed by atoms with Crippen LogP contribution in [0.3, 0.4) is 0 Å². The van der Waals surface area contributed by atoms with Gasteiger partial charge in [-0.05, 0) is 18.6 Å². The highest BCUT2D eigenvalue weighted by atomic mass is 28.2. The molecule has 1 aromatic carbocycles. The van der Waals surface area contributed by atoms with E-state index in [0.717, 1.165) is 11.1 Å².